The van der Waals surface area contributed by atoms with Crippen molar-refractivity contribution in [3.05, 3.63) is 83.9 Å². The standard InChI is InChI=1S/C30H23F2N5O5S/c1-34-29(38)25-18-13-17(21-12-11-20(33)27(35-21)30-36-26-19(32)5-4-6-23(26)42-30)22(37(2)43(3,39)40)14-24(18)41-28(25)15-7-9-16(31)10-8-15/h4-14H,33H2,1-3H3,(H,34,38). The number of rotatable bonds is 6. The zero-order valence-electron chi connectivity index (χ0n) is 23.0. The number of para-hydroxylation sites is 1. The molecule has 0 saturated heterocycles. The summed E-state index contributed by atoms with van der Waals surface area (Å²) in [5.41, 5.74) is 8.25. The number of amides is 1. The van der Waals surface area contributed by atoms with E-state index in [0.717, 1.165) is 10.6 Å². The molecule has 0 spiro atoms. The molecule has 3 heterocycles. The predicted octanol–water partition coefficient (Wildman–Crippen LogP) is 5.59. The number of halogens is 2. The average Bonchev–Trinajstić information content (AvgIpc) is 3.58. The second-order valence-corrected chi connectivity index (χ2v) is 11.7. The topological polar surface area (TPSA) is 145 Å². The Morgan fingerprint density at radius 2 is 1.72 bits per heavy atom. The normalized spacial score (nSPS) is 11.7. The molecule has 6 aromatic rings. The largest absolute Gasteiger partial charge is 0.455 e. The van der Waals surface area contributed by atoms with Crippen molar-refractivity contribution in [2.45, 2.75) is 0 Å². The highest BCUT2D eigenvalue weighted by Gasteiger charge is 2.27. The summed E-state index contributed by atoms with van der Waals surface area (Å²) >= 11 is 0. The lowest BCUT2D eigenvalue weighted by molar-refractivity contribution is 0.0964. The van der Waals surface area contributed by atoms with Gasteiger partial charge in [-0.05, 0) is 54.6 Å². The van der Waals surface area contributed by atoms with Crippen molar-refractivity contribution in [1.29, 1.82) is 0 Å². The van der Waals surface area contributed by atoms with Crippen molar-refractivity contribution in [2.75, 3.05) is 30.4 Å². The van der Waals surface area contributed by atoms with Crippen LogP contribution in [0.1, 0.15) is 10.4 Å². The molecule has 0 unspecified atom stereocenters. The fraction of sp³-hybridized carbons (Fsp3) is 0.100. The van der Waals surface area contributed by atoms with Crippen LogP contribution >= 0.6 is 0 Å². The molecule has 3 aromatic heterocycles. The van der Waals surface area contributed by atoms with E-state index >= 15 is 0 Å². The third-order valence-electron chi connectivity index (χ3n) is 6.98. The van der Waals surface area contributed by atoms with Crippen molar-refractivity contribution < 1.29 is 30.8 Å². The minimum absolute atomic E-state index is 0.00459. The predicted molar refractivity (Wildman–Crippen MR) is 159 cm³/mol. The Morgan fingerprint density at radius 3 is 2.40 bits per heavy atom. The molecule has 0 aliphatic heterocycles. The number of oxazole rings is 1. The van der Waals surface area contributed by atoms with Crippen LogP contribution in [0.5, 0.6) is 0 Å². The number of sulfonamides is 1. The number of benzene rings is 3. The van der Waals surface area contributed by atoms with Gasteiger partial charge < -0.3 is 19.9 Å². The first kappa shape index (κ1) is 27.8. The lowest BCUT2D eigenvalue weighted by atomic mass is 10.0. The van der Waals surface area contributed by atoms with Gasteiger partial charge in [0.1, 0.15) is 28.4 Å². The van der Waals surface area contributed by atoms with Crippen molar-refractivity contribution in [1.82, 2.24) is 15.3 Å². The Balaban J connectivity index is 1.63. The maximum Gasteiger partial charge on any atom is 0.255 e. The van der Waals surface area contributed by atoms with Crippen LogP contribution < -0.4 is 15.4 Å². The summed E-state index contributed by atoms with van der Waals surface area (Å²) in [5, 5.41) is 2.94. The summed E-state index contributed by atoms with van der Waals surface area (Å²) < 4.78 is 66.3. The number of nitrogens with two attached hydrogens (primary N) is 1. The molecule has 6 rings (SSSR count). The molecule has 1 amide bonds. The van der Waals surface area contributed by atoms with Crippen LogP contribution in [0.15, 0.2) is 75.6 Å². The Hall–Kier alpha value is -5.30. The van der Waals surface area contributed by atoms with E-state index in [1.807, 2.05) is 0 Å². The van der Waals surface area contributed by atoms with E-state index in [0.29, 0.717) is 16.5 Å². The van der Waals surface area contributed by atoms with Gasteiger partial charge in [-0.1, -0.05) is 6.07 Å². The molecule has 13 heteroatoms. The van der Waals surface area contributed by atoms with E-state index in [4.69, 9.17) is 14.6 Å². The number of hydrogen-bond acceptors (Lipinski definition) is 8. The van der Waals surface area contributed by atoms with Crippen LogP contribution in [0.3, 0.4) is 0 Å². The monoisotopic (exact) mass is 603 g/mol. The van der Waals surface area contributed by atoms with Gasteiger partial charge in [0.15, 0.2) is 11.4 Å². The van der Waals surface area contributed by atoms with Gasteiger partial charge in [-0.2, -0.15) is 0 Å². The molecule has 0 fully saturated rings. The number of hydrogen-bond donors (Lipinski definition) is 2. The zero-order valence-corrected chi connectivity index (χ0v) is 23.8. The number of nitrogens with one attached hydrogen (secondary N) is 1. The summed E-state index contributed by atoms with van der Waals surface area (Å²) in [6, 6.07) is 15.9. The lowest BCUT2D eigenvalue weighted by Crippen LogP contribution is -2.25. The molecule has 0 aliphatic rings. The van der Waals surface area contributed by atoms with Crippen LogP contribution in [0.4, 0.5) is 20.2 Å². The Bertz CT molecular complexity index is 2180. The van der Waals surface area contributed by atoms with Gasteiger partial charge in [0.25, 0.3) is 5.91 Å². The van der Waals surface area contributed by atoms with E-state index in [1.165, 1.54) is 62.6 Å². The number of carbonyl (C=O) groups is 1. The third kappa shape index (κ3) is 4.83. The Labute approximate surface area is 243 Å². The van der Waals surface area contributed by atoms with E-state index in [9.17, 15) is 22.0 Å². The van der Waals surface area contributed by atoms with Crippen LogP contribution in [0, 0.1) is 11.6 Å². The zero-order chi connectivity index (χ0) is 30.6. The average molecular weight is 604 g/mol. The third-order valence-corrected chi connectivity index (χ3v) is 8.17. The highest BCUT2D eigenvalue weighted by atomic mass is 32.2. The first-order chi connectivity index (χ1) is 20.5. The molecule has 43 heavy (non-hydrogen) atoms. The molecule has 3 N–H and O–H groups in total. The number of pyridine rings is 1. The SMILES string of the molecule is CNC(=O)c1c(-c2ccc(F)cc2)oc2cc(N(C)S(C)(=O)=O)c(-c3ccc(N)c(-c4nc5c(F)cccc5o4)n3)cc12. The van der Waals surface area contributed by atoms with Gasteiger partial charge in [-0.15, -0.1) is 0 Å². The minimum Gasteiger partial charge on any atom is -0.455 e. The van der Waals surface area contributed by atoms with E-state index in [1.54, 1.807) is 18.2 Å². The highest BCUT2D eigenvalue weighted by Crippen LogP contribution is 2.42. The number of fused-ring (bicyclic) bond motifs is 2. The van der Waals surface area contributed by atoms with Crippen LogP contribution in [0.25, 0.3) is 56.2 Å². The maximum atomic E-state index is 14.3. The van der Waals surface area contributed by atoms with E-state index < -0.39 is 27.6 Å². The summed E-state index contributed by atoms with van der Waals surface area (Å²) in [5.74, 6) is -1.39. The molecule has 0 aliphatic carbocycles. The summed E-state index contributed by atoms with van der Waals surface area (Å²) in [6.45, 7) is 0. The molecular formula is C30H23F2N5O5S. The molecule has 0 radical (unpaired) electrons. The van der Waals surface area contributed by atoms with Crippen LogP contribution in [-0.4, -0.2) is 44.6 Å². The van der Waals surface area contributed by atoms with Gasteiger partial charge in [0.05, 0.1) is 28.9 Å². The smallest absolute Gasteiger partial charge is 0.255 e. The maximum absolute atomic E-state index is 14.3. The van der Waals surface area contributed by atoms with Gasteiger partial charge in [0.2, 0.25) is 15.9 Å². The molecule has 0 saturated carbocycles. The summed E-state index contributed by atoms with van der Waals surface area (Å²) in [7, 11) is -0.959. The second kappa shape index (κ2) is 10.2. The van der Waals surface area contributed by atoms with Gasteiger partial charge in [0, 0.05) is 36.7 Å². The number of nitrogens with zero attached hydrogens (tertiary/aromatic N) is 3. The Kier molecular flexibility index (Phi) is 6.61. The van der Waals surface area contributed by atoms with Crippen molar-refractivity contribution in [2.24, 2.45) is 0 Å². The second-order valence-electron chi connectivity index (χ2n) is 9.73. The van der Waals surface area contributed by atoms with Crippen LogP contribution in [0.2, 0.25) is 0 Å². The quantitative estimate of drug-likeness (QED) is 0.251. The molecule has 3 aromatic carbocycles. The molecule has 0 bridgehead atoms. The number of anilines is 2. The first-order valence-corrected chi connectivity index (χ1v) is 14.7. The number of nitrogen functional groups attached to an aromatic ring is 1. The molecule has 10 nitrogen and oxygen atoms in total. The fourth-order valence-corrected chi connectivity index (χ4v) is 5.25. The van der Waals surface area contributed by atoms with Gasteiger partial charge in [-0.3, -0.25) is 9.10 Å². The van der Waals surface area contributed by atoms with Gasteiger partial charge in [-0.25, -0.2) is 27.2 Å². The van der Waals surface area contributed by atoms with E-state index in [-0.39, 0.29) is 56.7 Å². The number of furan rings is 1. The fourth-order valence-electron chi connectivity index (χ4n) is 4.74. The van der Waals surface area contributed by atoms with Crippen molar-refractivity contribution >= 4 is 49.4 Å². The molecular weight excluding hydrogens is 580 g/mol. The summed E-state index contributed by atoms with van der Waals surface area (Å²) in [4.78, 5) is 22.0. The number of aromatic nitrogens is 2. The van der Waals surface area contributed by atoms with E-state index in [2.05, 4.69) is 15.3 Å². The highest BCUT2D eigenvalue weighted by molar-refractivity contribution is 7.92. The molecule has 0 atom stereocenters. The van der Waals surface area contributed by atoms with Crippen LogP contribution in [-0.2, 0) is 10.0 Å². The van der Waals surface area contributed by atoms with Crippen molar-refractivity contribution in [3.8, 4) is 34.2 Å². The number of carbonyl (C=O) groups excluding carboxylic acids is 1. The van der Waals surface area contributed by atoms with Gasteiger partial charge >= 0.3 is 0 Å². The van der Waals surface area contributed by atoms with Crippen molar-refractivity contribution in [3.63, 3.8) is 0 Å². The summed E-state index contributed by atoms with van der Waals surface area (Å²) in [6.07, 6.45) is 1.04. The first-order valence-electron chi connectivity index (χ1n) is 12.8. The lowest BCUT2D eigenvalue weighted by Gasteiger charge is -2.20. The Morgan fingerprint density at radius 1 is 0.977 bits per heavy atom. The molecule has 218 valence electrons. The minimum atomic E-state index is -3.78.